The van der Waals surface area contributed by atoms with Crippen LogP contribution < -0.4 is 11.5 Å². The van der Waals surface area contributed by atoms with Gasteiger partial charge in [0.05, 0.1) is 11.8 Å². The van der Waals surface area contributed by atoms with Gasteiger partial charge >= 0.3 is 0 Å². The van der Waals surface area contributed by atoms with Crippen LogP contribution in [0.4, 0.5) is 13.2 Å². The van der Waals surface area contributed by atoms with Crippen molar-refractivity contribution in [2.45, 2.75) is 13.1 Å². The van der Waals surface area contributed by atoms with Crippen molar-refractivity contribution >= 4 is 46.4 Å². The van der Waals surface area contributed by atoms with Crippen LogP contribution in [0.1, 0.15) is 16.7 Å². The monoisotopic (exact) mass is 752 g/mol. The molecule has 0 aliphatic carbocycles. The van der Waals surface area contributed by atoms with E-state index in [1.54, 1.807) is 12.3 Å². The van der Waals surface area contributed by atoms with E-state index in [2.05, 4.69) is 15.0 Å². The molecule has 0 atom stereocenters. The summed E-state index contributed by atoms with van der Waals surface area (Å²) in [6, 6.07) is 5.16. The molecule has 0 saturated carbocycles. The largest absolute Gasteiger partial charge is 0.358 e. The van der Waals surface area contributed by atoms with E-state index >= 15 is 0 Å². The van der Waals surface area contributed by atoms with Crippen molar-refractivity contribution in [3.05, 3.63) is 100 Å². The summed E-state index contributed by atoms with van der Waals surface area (Å²) in [6.07, 6.45) is 2.70. The summed E-state index contributed by atoms with van der Waals surface area (Å²) < 4.78 is 37.4. The van der Waals surface area contributed by atoms with Gasteiger partial charge in [0.15, 0.2) is 21.9 Å². The quantitative estimate of drug-likeness (QED) is 0.190. The summed E-state index contributed by atoms with van der Waals surface area (Å²) in [5, 5.41) is 7.86. The number of hydrogen-bond acceptors (Lipinski definition) is 6. The van der Waals surface area contributed by atoms with Gasteiger partial charge in [-0.3, -0.25) is 4.98 Å². The third kappa shape index (κ3) is 14.5. The molecule has 0 aliphatic rings. The fourth-order valence-corrected chi connectivity index (χ4v) is 2.48. The Balaban J connectivity index is -0.000000196. The van der Waals surface area contributed by atoms with Crippen LogP contribution in [-0.4, -0.2) is 15.0 Å². The van der Waals surface area contributed by atoms with Crippen LogP contribution in [0.2, 0.25) is 20.6 Å². The van der Waals surface area contributed by atoms with Crippen LogP contribution in [0, 0.1) is 43.6 Å². The molecule has 200 valence electrons. The first kappa shape index (κ1) is 41.3. The second-order valence-corrected chi connectivity index (χ2v) is 6.77. The smallest absolute Gasteiger partial charge is 0.166 e. The van der Waals surface area contributed by atoms with Gasteiger partial charge in [0.1, 0.15) is 22.2 Å². The Morgan fingerprint density at radius 2 is 1.29 bits per heavy atom. The molecule has 0 aliphatic heterocycles. The van der Waals surface area contributed by atoms with Crippen LogP contribution in [-0.2, 0) is 53.9 Å². The van der Waals surface area contributed by atoms with E-state index in [1.807, 2.05) is 0 Å². The minimum atomic E-state index is -0.743. The molecule has 15 heteroatoms. The summed E-state index contributed by atoms with van der Waals surface area (Å²) in [6.45, 7) is 0.491. The molecular weight excluding hydrogens is 736 g/mol. The Bertz CT molecular complexity index is 1080. The first-order chi connectivity index (χ1) is 14.6. The first-order valence-electron chi connectivity index (χ1n) is 8.04. The van der Waals surface area contributed by atoms with Gasteiger partial charge in [-0.25, -0.2) is 23.1 Å². The van der Waals surface area contributed by atoms with Gasteiger partial charge in [-0.2, -0.15) is 5.26 Å². The average Bonchev–Trinajstić information content (AvgIpc) is 2.74. The van der Waals surface area contributed by atoms with Crippen molar-refractivity contribution in [2.24, 2.45) is 11.5 Å². The van der Waals surface area contributed by atoms with Crippen molar-refractivity contribution in [1.29, 1.82) is 5.26 Å². The Morgan fingerprint density at radius 3 is 1.71 bits per heavy atom. The number of hydrogen-bond donors (Lipinski definition) is 2. The van der Waals surface area contributed by atoms with Gasteiger partial charge in [-0.15, -0.1) is 0 Å². The Hall–Kier alpha value is -0.865. The van der Waals surface area contributed by atoms with Gasteiger partial charge in [-0.05, 0) is 23.8 Å². The Morgan fingerprint density at radius 1 is 0.771 bits per heavy atom. The van der Waals surface area contributed by atoms with E-state index in [9.17, 15) is 13.2 Å². The van der Waals surface area contributed by atoms with Crippen molar-refractivity contribution in [2.75, 3.05) is 0 Å². The van der Waals surface area contributed by atoms with Gasteiger partial charge in [0, 0.05) is 65.7 Å². The van der Waals surface area contributed by atoms with Gasteiger partial charge < -0.3 is 26.3 Å². The number of nitrogens with two attached hydrogens (primary N) is 2. The number of halogens is 7. The summed E-state index contributed by atoms with van der Waals surface area (Å²) in [5.74, 6) is -1.68. The molecule has 0 bridgehead atoms. The first-order valence-corrected chi connectivity index (χ1v) is 9.55. The van der Waals surface area contributed by atoms with Crippen LogP contribution >= 0.6 is 46.4 Å². The minimum absolute atomic E-state index is 0. The van der Waals surface area contributed by atoms with Gasteiger partial charge in [-0.1, -0.05) is 46.4 Å². The number of pyridine rings is 3. The minimum Gasteiger partial charge on any atom is -0.358 e. The molecule has 3 rings (SSSR count). The van der Waals surface area contributed by atoms with Crippen LogP contribution in [0.25, 0.3) is 0 Å². The standard InChI is InChI=1S/C6H5Cl2FN2.C6HCl2FN2.C6H7FN2.2CH3.2Pd/c2*7-5-3(2-10)1-4(9)6(8)11-5;7-6-1-5(2-8)3-9-4-6;;;;/h1H,2,10H2;1H;1,3-4H,2,8H2;2*1H3;;/q;;;2*-1;;. The average molecular weight is 755 g/mol. The maximum Gasteiger partial charge on any atom is 0.166 e. The van der Waals surface area contributed by atoms with E-state index < -0.39 is 11.6 Å². The van der Waals surface area contributed by atoms with Crippen LogP contribution in [0.15, 0.2) is 30.6 Å². The molecule has 3 heterocycles. The van der Waals surface area contributed by atoms with Crippen LogP contribution in [0.5, 0.6) is 0 Å². The van der Waals surface area contributed by atoms with Gasteiger partial charge in [0.25, 0.3) is 0 Å². The maximum absolute atomic E-state index is 12.6. The summed E-state index contributed by atoms with van der Waals surface area (Å²) in [5.41, 5.74) is 11.6. The zero-order chi connectivity index (χ0) is 23.6. The molecule has 3 aromatic rings. The zero-order valence-electron chi connectivity index (χ0n) is 18.0. The van der Waals surface area contributed by atoms with Crippen molar-refractivity contribution < 1.29 is 54.0 Å². The molecule has 35 heavy (non-hydrogen) atoms. The van der Waals surface area contributed by atoms with E-state index in [0.717, 1.165) is 17.8 Å². The fourth-order valence-electron chi connectivity index (χ4n) is 1.72. The predicted molar refractivity (Wildman–Crippen MR) is 126 cm³/mol. The molecule has 0 unspecified atom stereocenters. The Labute approximate surface area is 249 Å². The van der Waals surface area contributed by atoms with Crippen molar-refractivity contribution in [1.82, 2.24) is 15.0 Å². The molecule has 0 radical (unpaired) electrons. The predicted octanol–water partition coefficient (Wildman–Crippen LogP) is 5.96. The second kappa shape index (κ2) is 21.2. The molecule has 3 aromatic heterocycles. The van der Waals surface area contributed by atoms with E-state index in [1.165, 1.54) is 12.1 Å². The number of nitriles is 1. The number of nitrogens with zero attached hydrogens (tertiary/aromatic N) is 4. The van der Waals surface area contributed by atoms with Gasteiger partial charge in [0.2, 0.25) is 0 Å². The number of aromatic nitrogens is 3. The summed E-state index contributed by atoms with van der Waals surface area (Å²) >= 11 is 21.6. The van der Waals surface area contributed by atoms with E-state index in [4.69, 9.17) is 63.1 Å². The zero-order valence-corrected chi connectivity index (χ0v) is 24.2. The third-order valence-corrected chi connectivity index (χ3v) is 4.33. The van der Waals surface area contributed by atoms with Crippen LogP contribution in [0.3, 0.4) is 0 Å². The molecule has 0 fully saturated rings. The number of rotatable bonds is 2. The molecular formula is C20H19Cl4F3N6Pd2-2. The van der Waals surface area contributed by atoms with Crippen molar-refractivity contribution in [3.8, 4) is 6.07 Å². The third-order valence-electron chi connectivity index (χ3n) is 3.18. The topological polar surface area (TPSA) is 114 Å². The SMILES string of the molecule is N#Cc1cc(F)c(Cl)nc1Cl.NCc1cc(F)c(Cl)nc1Cl.NCc1cncc(F)c1.[CH3-].[CH3-].[Pd].[Pd]. The van der Waals surface area contributed by atoms with E-state index in [0.29, 0.717) is 12.1 Å². The maximum atomic E-state index is 12.6. The molecule has 0 amide bonds. The summed E-state index contributed by atoms with van der Waals surface area (Å²) in [7, 11) is 0. The summed E-state index contributed by atoms with van der Waals surface area (Å²) in [4.78, 5) is 10.5. The molecule has 0 saturated heterocycles. The molecule has 6 nitrogen and oxygen atoms in total. The molecule has 0 spiro atoms. The second-order valence-electron chi connectivity index (χ2n) is 5.34. The van der Waals surface area contributed by atoms with E-state index in [-0.39, 0.29) is 94.2 Å². The molecule has 0 aromatic carbocycles. The van der Waals surface area contributed by atoms with Crippen molar-refractivity contribution in [3.63, 3.8) is 0 Å². The molecule has 4 N–H and O–H groups in total. The Kier molecular flexibility index (Phi) is 25.0. The normalized spacial score (nSPS) is 8.57. The fraction of sp³-hybridized carbons (Fsp3) is 0.100.